The lowest BCUT2D eigenvalue weighted by atomic mass is 9.97. The monoisotopic (exact) mass is 643 g/mol. The summed E-state index contributed by atoms with van der Waals surface area (Å²) in [6, 6.07) is 45.7. The average molecular weight is 644 g/mol. The van der Waals surface area contributed by atoms with Gasteiger partial charge in [-0.15, -0.1) is 0 Å². The lowest BCUT2D eigenvalue weighted by Gasteiger charge is -2.15. The first-order chi connectivity index (χ1) is 21.6. The predicted molar refractivity (Wildman–Crippen MR) is 174 cm³/mol. The molecule has 0 aliphatic heterocycles. The van der Waals surface area contributed by atoms with E-state index in [0.29, 0.717) is 21.5 Å². The first-order valence-electron chi connectivity index (χ1n) is 13.9. The number of fused-ring (bicyclic) bond motifs is 2. The van der Waals surface area contributed by atoms with Crippen molar-refractivity contribution in [2.75, 3.05) is 6.61 Å². The van der Waals surface area contributed by atoms with Gasteiger partial charge in [0.25, 0.3) is 0 Å². The van der Waals surface area contributed by atoms with E-state index < -0.39 is 27.9 Å². The van der Waals surface area contributed by atoms with E-state index in [4.69, 9.17) is 4.55 Å². The molecule has 6 aromatic rings. The van der Waals surface area contributed by atoms with E-state index in [2.05, 4.69) is 96.6 Å². The van der Waals surface area contributed by atoms with Crippen LogP contribution in [0.25, 0.3) is 21.5 Å². The summed E-state index contributed by atoms with van der Waals surface area (Å²) in [6.07, 6.45) is 0. The maximum atomic E-state index is 13.3. The zero-order chi connectivity index (χ0) is 32.0. The molecule has 0 unspecified atom stereocenters. The molecule has 6 rings (SSSR count). The van der Waals surface area contributed by atoms with Crippen LogP contribution in [0.1, 0.15) is 15.9 Å². The van der Waals surface area contributed by atoms with Crippen LogP contribution in [-0.2, 0) is 25.7 Å². The van der Waals surface area contributed by atoms with E-state index in [0.717, 1.165) is 0 Å². The number of halogens is 2. The normalized spacial score (nSPS) is 11.7. The fourth-order valence-electron chi connectivity index (χ4n) is 4.82. The van der Waals surface area contributed by atoms with E-state index in [-0.39, 0.29) is 16.5 Å². The number of carbonyl (C=O) groups excluding carboxylic acids is 1. The van der Waals surface area contributed by atoms with E-state index in [1.54, 1.807) is 48.5 Å². The fraction of sp³-hybridized carbons (Fsp3) is 0.0833. The molecule has 0 aromatic heterocycles. The Morgan fingerprint density at radius 3 is 1.64 bits per heavy atom. The zero-order valence-electron chi connectivity index (χ0n) is 24.1. The summed E-state index contributed by atoms with van der Waals surface area (Å²) in [7, 11) is -5.70. The number of carbonyl (C=O) groups is 1. The molecule has 0 saturated carbocycles. The van der Waals surface area contributed by atoms with Gasteiger partial charge in [-0.25, -0.2) is 4.79 Å². The molecule has 45 heavy (non-hydrogen) atoms. The minimum absolute atomic E-state index is 0.0262. The van der Waals surface area contributed by atoms with Gasteiger partial charge in [-0.2, -0.15) is 17.2 Å². The Hall–Kier alpha value is -4.57. The van der Waals surface area contributed by atoms with Crippen molar-refractivity contribution in [3.63, 3.8) is 0 Å². The smallest absolute Gasteiger partial charge is 0.402 e. The lowest BCUT2D eigenvalue weighted by molar-refractivity contribution is -0.00924. The SMILES string of the molecule is Cc1ccccc1[S+](c1ccccc1)c1ccccc1.O=C(OCC(F)(F)S(=O)(=O)O)c1c2ccccc2cc2ccccc12. The van der Waals surface area contributed by atoms with Gasteiger partial charge in [0.05, 0.1) is 16.5 Å². The van der Waals surface area contributed by atoms with Crippen LogP contribution < -0.4 is 0 Å². The molecule has 1 N–H and O–H groups in total. The van der Waals surface area contributed by atoms with Gasteiger partial charge in [0.2, 0.25) is 0 Å². The van der Waals surface area contributed by atoms with Crippen LogP contribution >= 0.6 is 0 Å². The van der Waals surface area contributed by atoms with Crippen molar-refractivity contribution in [2.45, 2.75) is 26.9 Å². The van der Waals surface area contributed by atoms with Crippen LogP contribution in [0.15, 0.2) is 154 Å². The number of aryl methyl sites for hydroxylation is 1. The minimum atomic E-state index is -5.68. The number of benzene rings is 6. The Kier molecular flexibility index (Phi) is 9.63. The van der Waals surface area contributed by atoms with Crippen molar-refractivity contribution in [3.8, 4) is 0 Å². The molecule has 0 radical (unpaired) electrons. The largest absolute Gasteiger partial charge is 0.454 e. The molecule has 228 valence electrons. The third kappa shape index (κ3) is 7.23. The molecule has 0 spiro atoms. The van der Waals surface area contributed by atoms with Gasteiger partial charge < -0.3 is 4.74 Å². The van der Waals surface area contributed by atoms with Gasteiger partial charge in [-0.1, -0.05) is 103 Å². The highest BCUT2D eigenvalue weighted by Gasteiger charge is 2.45. The Morgan fingerprint density at radius 2 is 1.16 bits per heavy atom. The van der Waals surface area contributed by atoms with Crippen LogP contribution in [-0.4, -0.2) is 30.8 Å². The number of hydrogen-bond acceptors (Lipinski definition) is 4. The number of esters is 1. The zero-order valence-corrected chi connectivity index (χ0v) is 25.8. The minimum Gasteiger partial charge on any atom is -0.454 e. The molecule has 0 aliphatic carbocycles. The maximum absolute atomic E-state index is 13.3. The summed E-state index contributed by atoms with van der Waals surface area (Å²) >= 11 is 0. The molecule has 9 heteroatoms. The van der Waals surface area contributed by atoms with Crippen LogP contribution in [0.3, 0.4) is 0 Å². The average Bonchev–Trinajstić information content (AvgIpc) is 3.04. The van der Waals surface area contributed by atoms with E-state index >= 15 is 0 Å². The summed E-state index contributed by atoms with van der Waals surface area (Å²) in [5, 5.41) is -2.20. The van der Waals surface area contributed by atoms with Crippen LogP contribution in [0.4, 0.5) is 8.78 Å². The highest BCUT2D eigenvalue weighted by atomic mass is 32.2. The second kappa shape index (κ2) is 13.6. The molecule has 0 bridgehead atoms. The van der Waals surface area contributed by atoms with Gasteiger partial charge >= 0.3 is 21.3 Å². The highest BCUT2D eigenvalue weighted by Crippen LogP contribution is 2.33. The summed E-state index contributed by atoms with van der Waals surface area (Å²) in [6.45, 7) is 0.420. The topological polar surface area (TPSA) is 80.7 Å². The van der Waals surface area contributed by atoms with Crippen LogP contribution in [0.5, 0.6) is 0 Å². The number of ether oxygens (including phenoxy) is 1. The maximum Gasteiger partial charge on any atom is 0.402 e. The van der Waals surface area contributed by atoms with E-state index in [1.807, 2.05) is 6.07 Å². The lowest BCUT2D eigenvalue weighted by Crippen LogP contribution is -2.34. The second-order valence-electron chi connectivity index (χ2n) is 10.1. The summed E-state index contributed by atoms with van der Waals surface area (Å²) in [5.41, 5.74) is 1.41. The van der Waals surface area contributed by atoms with Gasteiger partial charge in [-0.3, -0.25) is 4.55 Å². The van der Waals surface area contributed by atoms with Gasteiger partial charge in [0.1, 0.15) is 0 Å². The number of alkyl halides is 2. The van der Waals surface area contributed by atoms with Crippen molar-refractivity contribution in [1.29, 1.82) is 0 Å². The highest BCUT2D eigenvalue weighted by molar-refractivity contribution is 7.97. The van der Waals surface area contributed by atoms with Crippen molar-refractivity contribution >= 4 is 48.5 Å². The van der Waals surface area contributed by atoms with Crippen LogP contribution in [0.2, 0.25) is 0 Å². The fourth-order valence-corrected chi connectivity index (χ4v) is 7.27. The summed E-state index contributed by atoms with van der Waals surface area (Å²) < 4.78 is 60.9. The molecule has 0 amide bonds. The van der Waals surface area contributed by atoms with Crippen molar-refractivity contribution in [1.82, 2.24) is 0 Å². The molecule has 0 aliphatic rings. The third-order valence-corrected chi connectivity index (χ3v) is 10.3. The van der Waals surface area contributed by atoms with E-state index in [1.165, 1.54) is 20.2 Å². The quantitative estimate of drug-likeness (QED) is 0.0815. The molecular formula is C36H29F2O5S2+. The molecule has 0 atom stereocenters. The third-order valence-electron chi connectivity index (χ3n) is 7.00. The molecule has 0 fully saturated rings. The number of hydrogen-bond donors (Lipinski definition) is 1. The first-order valence-corrected chi connectivity index (χ1v) is 16.6. The first kappa shape index (κ1) is 31.8. The standard InChI is InChI=1S/C19H17S.C17H12F2O5S/c1-16-10-8-9-15-19(16)20(17-11-4-2-5-12-17)18-13-6-3-7-14-18;18-17(19,25(21,22)23)10-24-16(20)15-13-7-3-1-5-11(13)9-12-6-2-4-8-14(12)15/h2-15H,1H3;1-9H,10H2,(H,21,22,23)/q+1;. The van der Waals surface area contributed by atoms with Crippen molar-refractivity contribution in [3.05, 3.63) is 151 Å². The summed E-state index contributed by atoms with van der Waals surface area (Å²) in [5.74, 6) is -1.10. The number of rotatable bonds is 7. The van der Waals surface area contributed by atoms with Crippen molar-refractivity contribution < 1.29 is 31.3 Å². The van der Waals surface area contributed by atoms with Gasteiger partial charge in [0, 0.05) is 5.56 Å². The second-order valence-corrected chi connectivity index (χ2v) is 13.6. The Labute approximate surface area is 263 Å². The summed E-state index contributed by atoms with van der Waals surface area (Å²) in [4.78, 5) is 16.6. The molecule has 6 aromatic carbocycles. The molecule has 0 heterocycles. The van der Waals surface area contributed by atoms with Crippen LogP contribution in [0, 0.1) is 6.92 Å². The van der Waals surface area contributed by atoms with Gasteiger partial charge in [0.15, 0.2) is 21.3 Å². The van der Waals surface area contributed by atoms with Gasteiger partial charge in [-0.05, 0) is 64.9 Å². The van der Waals surface area contributed by atoms with E-state index in [9.17, 15) is 22.0 Å². The van der Waals surface area contributed by atoms with Crippen molar-refractivity contribution in [2.24, 2.45) is 0 Å². The predicted octanol–water partition coefficient (Wildman–Crippen LogP) is 8.72. The molecular weight excluding hydrogens is 615 g/mol. The Morgan fingerprint density at radius 1 is 0.711 bits per heavy atom. The molecule has 0 saturated heterocycles. The molecule has 5 nitrogen and oxygen atoms in total. The Balaban J connectivity index is 0.000000182. The Bertz CT molecular complexity index is 1960.